The monoisotopic (exact) mass is 240 g/mol. The first kappa shape index (κ1) is 9.26. The molecule has 0 aromatic rings. The van der Waals surface area contributed by atoms with Gasteiger partial charge in [-0.3, -0.25) is 0 Å². The molecule has 0 saturated carbocycles. The maximum atomic E-state index is 2.66. The lowest BCUT2D eigenvalue weighted by Gasteiger charge is -2.02. The van der Waals surface area contributed by atoms with Crippen molar-refractivity contribution in [1.82, 2.24) is 0 Å². The van der Waals surface area contributed by atoms with Gasteiger partial charge in [0.25, 0.3) is 0 Å². The molecular weight excluding hydrogens is 226 g/mol. The van der Waals surface area contributed by atoms with Crippen molar-refractivity contribution in [2.75, 3.05) is 0 Å². The van der Waals surface area contributed by atoms with Gasteiger partial charge in [-0.15, -0.1) is 0 Å². The average Bonchev–Trinajstić information content (AvgIpc) is 1.65. The van der Waals surface area contributed by atoms with Crippen molar-refractivity contribution < 1.29 is 0 Å². The molecule has 0 aliphatic rings. The van der Waals surface area contributed by atoms with Crippen LogP contribution in [0.3, 0.4) is 0 Å². The van der Waals surface area contributed by atoms with E-state index in [1.165, 1.54) is 10.6 Å². The molecule has 0 aromatic carbocycles. The van der Waals surface area contributed by atoms with Gasteiger partial charge in [-0.05, 0) is 0 Å². The first-order valence-corrected chi connectivity index (χ1v) is 9.11. The second-order valence-corrected chi connectivity index (χ2v) is 10.4. The zero-order valence-electron chi connectivity index (χ0n) is 5.95. The van der Waals surface area contributed by atoms with Crippen molar-refractivity contribution in [3.63, 3.8) is 0 Å². The molecule has 8 heavy (non-hydrogen) atoms. The molecule has 0 heterocycles. The summed E-state index contributed by atoms with van der Waals surface area (Å²) < 4.78 is 0. The highest BCUT2D eigenvalue weighted by molar-refractivity contribution is 14.1. The van der Waals surface area contributed by atoms with Crippen molar-refractivity contribution in [2.45, 2.75) is 31.3 Å². The highest BCUT2D eigenvalue weighted by Gasteiger charge is 2.10. The van der Waals surface area contributed by atoms with E-state index in [0.29, 0.717) is 0 Å². The van der Waals surface area contributed by atoms with Crippen LogP contribution < -0.4 is 0 Å². The molecule has 0 N–H and O–H groups in total. The molecule has 0 nitrogen and oxygen atoms in total. The van der Waals surface area contributed by atoms with Crippen molar-refractivity contribution in [2.24, 2.45) is 5.92 Å². The summed E-state index contributed by atoms with van der Waals surface area (Å²) >= 11 is 2.66. The minimum atomic E-state index is -0.269. The summed E-state index contributed by atoms with van der Waals surface area (Å²) in [6, 6.07) is 0. The molecule has 0 rings (SSSR count). The predicted octanol–water partition coefficient (Wildman–Crippen LogP) is 3.09. The largest absolute Gasteiger partial charge is 0.360 e. The van der Waals surface area contributed by atoms with E-state index in [1.54, 1.807) is 0 Å². The predicted molar refractivity (Wildman–Crippen MR) is 49.9 cm³/mol. The third kappa shape index (κ3) is 5.40. The molecule has 0 aromatic heterocycles. The Morgan fingerprint density at radius 3 is 2.12 bits per heavy atom. The van der Waals surface area contributed by atoms with Crippen LogP contribution in [0.15, 0.2) is 0 Å². The molecule has 0 amide bonds. The van der Waals surface area contributed by atoms with E-state index >= 15 is 0 Å². The van der Waals surface area contributed by atoms with Crippen LogP contribution in [0.2, 0.25) is 10.6 Å². The van der Waals surface area contributed by atoms with E-state index in [9.17, 15) is 0 Å². The maximum absolute atomic E-state index is 2.66. The molecule has 0 atom stereocenters. The fraction of sp³-hybridized carbons (Fsp3) is 1.00. The van der Waals surface area contributed by atoms with Gasteiger partial charge in [0, 0.05) is 0 Å². The van der Waals surface area contributed by atoms with Crippen LogP contribution >= 0.6 is 20.3 Å². The van der Waals surface area contributed by atoms with Crippen LogP contribution in [-0.2, 0) is 0 Å². The van der Waals surface area contributed by atoms with Crippen LogP contribution in [-0.4, -0.2) is 10.9 Å². The fourth-order valence-electron chi connectivity index (χ4n) is 0.678. The summed E-state index contributed by atoms with van der Waals surface area (Å²) in [4.78, 5) is 0. The van der Waals surface area contributed by atoms with Gasteiger partial charge < -0.3 is 0 Å². The Labute approximate surface area is 68.1 Å². The van der Waals surface area contributed by atoms with Gasteiger partial charge in [0.15, 0.2) is 0 Å². The average molecular weight is 240 g/mol. The van der Waals surface area contributed by atoms with E-state index in [0.717, 1.165) is 5.92 Å². The minimum Gasteiger partial charge on any atom is -0.209 e. The smallest absolute Gasteiger partial charge is 0.209 e. The van der Waals surface area contributed by atoms with E-state index in [2.05, 4.69) is 41.0 Å². The fourth-order valence-corrected chi connectivity index (χ4v) is 5.09. The lowest BCUT2D eigenvalue weighted by Crippen LogP contribution is -2.03. The molecule has 0 bridgehead atoms. The number of rotatable bonds is 3. The summed E-state index contributed by atoms with van der Waals surface area (Å²) in [6.07, 6.45) is 0. The normalized spacial score (nSPS) is 10.1. The molecule has 0 unspecified atom stereocenters. The van der Waals surface area contributed by atoms with Crippen molar-refractivity contribution in [1.29, 1.82) is 0 Å². The van der Waals surface area contributed by atoms with Crippen LogP contribution in [0.5, 0.6) is 0 Å². The van der Waals surface area contributed by atoms with Gasteiger partial charge >= 0.3 is 10.9 Å². The molecular formula is C6H14AlI. The van der Waals surface area contributed by atoms with Gasteiger partial charge in [0.05, 0.1) is 0 Å². The topological polar surface area (TPSA) is 0 Å². The lowest BCUT2D eigenvalue weighted by molar-refractivity contribution is 0.729. The molecule has 0 aliphatic heterocycles. The highest BCUT2D eigenvalue weighted by Crippen LogP contribution is 2.13. The van der Waals surface area contributed by atoms with E-state index in [4.69, 9.17) is 0 Å². The summed E-state index contributed by atoms with van der Waals surface area (Å²) in [5, 5.41) is 2.97. The second-order valence-electron chi connectivity index (χ2n) is 2.64. The quantitative estimate of drug-likeness (QED) is 0.525. The van der Waals surface area contributed by atoms with Crippen LogP contribution in [0, 0.1) is 5.92 Å². The van der Waals surface area contributed by atoms with Crippen molar-refractivity contribution in [3.05, 3.63) is 0 Å². The molecule has 0 aliphatic carbocycles. The van der Waals surface area contributed by atoms with Gasteiger partial charge in [-0.1, -0.05) is 37.3 Å². The Bertz CT molecular complexity index is 54.5. The number of hydrogen-bond acceptors (Lipinski definition) is 0. The number of hydrogen-bond donors (Lipinski definition) is 0. The van der Waals surface area contributed by atoms with E-state index in [-0.39, 0.29) is 10.9 Å². The van der Waals surface area contributed by atoms with Crippen LogP contribution in [0.4, 0.5) is 0 Å². The summed E-state index contributed by atoms with van der Waals surface area (Å²) in [6.45, 7) is 6.94. The summed E-state index contributed by atoms with van der Waals surface area (Å²) in [7, 11) is -0.269. The first-order chi connectivity index (χ1) is 3.66. The molecule has 0 saturated heterocycles. The minimum absolute atomic E-state index is 0.269. The molecule has 0 fully saturated rings. The Balaban J connectivity index is 3.10. The molecule has 2 heteroatoms. The van der Waals surface area contributed by atoms with Gasteiger partial charge in [-0.2, -0.15) is 0 Å². The van der Waals surface area contributed by atoms with Crippen molar-refractivity contribution >= 4 is 31.1 Å². The molecule has 0 radical (unpaired) electrons. The molecule has 48 valence electrons. The maximum Gasteiger partial charge on any atom is 0.360 e. The van der Waals surface area contributed by atoms with Gasteiger partial charge in [0.1, 0.15) is 0 Å². The Morgan fingerprint density at radius 2 is 2.00 bits per heavy atom. The van der Waals surface area contributed by atoms with E-state index < -0.39 is 0 Å². The third-order valence-corrected chi connectivity index (χ3v) is 7.68. The standard InChI is InChI=1S/C4H9.C2H5.Al.HI/c1-4(2)3;1-2;;/h4H,1H2,2-3H3;1H2,2H3;;1H/q;;+1;/p-1. The van der Waals surface area contributed by atoms with E-state index in [1.807, 2.05) is 0 Å². The third-order valence-electron chi connectivity index (χ3n) is 1.17. The van der Waals surface area contributed by atoms with Crippen LogP contribution in [0.25, 0.3) is 0 Å². The number of halogens is 1. The zero-order valence-corrected chi connectivity index (χ0v) is 9.26. The van der Waals surface area contributed by atoms with Gasteiger partial charge in [0.2, 0.25) is 0 Å². The van der Waals surface area contributed by atoms with Crippen LogP contribution in [0.1, 0.15) is 20.8 Å². The van der Waals surface area contributed by atoms with Crippen molar-refractivity contribution in [3.8, 4) is 0 Å². The lowest BCUT2D eigenvalue weighted by atomic mass is 10.3. The summed E-state index contributed by atoms with van der Waals surface area (Å²) in [5.74, 6) is 0.934. The highest BCUT2D eigenvalue weighted by atomic mass is 127. The molecule has 0 spiro atoms. The Kier molecular flexibility index (Phi) is 5.88. The Morgan fingerprint density at radius 1 is 1.50 bits per heavy atom. The SMILES string of the molecule is C[CH2][Al]([I])[CH2]C(C)C. The summed E-state index contributed by atoms with van der Waals surface area (Å²) in [5.41, 5.74) is 0. The second kappa shape index (κ2) is 5.08. The Hall–Kier alpha value is 1.26. The van der Waals surface area contributed by atoms with Gasteiger partial charge in [-0.25, -0.2) is 20.3 Å². The zero-order chi connectivity index (χ0) is 6.57. The first-order valence-electron chi connectivity index (χ1n) is 3.30.